The molecule has 2 N–H and O–H groups in total. The van der Waals surface area contributed by atoms with Gasteiger partial charge in [0.2, 0.25) is 5.91 Å². The van der Waals surface area contributed by atoms with Gasteiger partial charge in [-0.05, 0) is 31.2 Å². The highest BCUT2D eigenvalue weighted by Crippen LogP contribution is 2.27. The summed E-state index contributed by atoms with van der Waals surface area (Å²) in [7, 11) is 0. The monoisotopic (exact) mass is 275 g/mol. The van der Waals surface area contributed by atoms with Crippen molar-refractivity contribution >= 4 is 11.9 Å². The maximum absolute atomic E-state index is 12.3. The molecule has 4 heteroatoms. The van der Waals surface area contributed by atoms with E-state index in [1.54, 1.807) is 0 Å². The molecule has 1 unspecified atom stereocenters. The van der Waals surface area contributed by atoms with Crippen molar-refractivity contribution in [1.82, 2.24) is 5.32 Å². The minimum absolute atomic E-state index is 0.00126. The maximum Gasteiger partial charge on any atom is 0.306 e. The largest absolute Gasteiger partial charge is 0.481 e. The van der Waals surface area contributed by atoms with Crippen molar-refractivity contribution in [3.63, 3.8) is 0 Å². The molecule has 0 bridgehead atoms. The van der Waals surface area contributed by atoms with Crippen LogP contribution < -0.4 is 5.32 Å². The first kappa shape index (κ1) is 14.6. The second-order valence-corrected chi connectivity index (χ2v) is 5.43. The molecule has 0 saturated heterocycles. The Bertz CT molecular complexity index is 472. The summed E-state index contributed by atoms with van der Waals surface area (Å²) >= 11 is 0. The molecular formula is C16H21NO3. The molecule has 1 saturated carbocycles. The van der Waals surface area contributed by atoms with Gasteiger partial charge in [0.25, 0.3) is 0 Å². The van der Waals surface area contributed by atoms with Gasteiger partial charge in [-0.1, -0.05) is 37.3 Å². The number of carbonyl (C=O) groups is 2. The number of benzene rings is 1. The summed E-state index contributed by atoms with van der Waals surface area (Å²) in [5.74, 6) is -1.20. The third kappa shape index (κ3) is 3.38. The number of rotatable bonds is 5. The van der Waals surface area contributed by atoms with E-state index in [-0.39, 0.29) is 23.8 Å². The lowest BCUT2D eigenvalue weighted by Gasteiger charge is -2.19. The zero-order chi connectivity index (χ0) is 14.5. The van der Waals surface area contributed by atoms with Crippen LogP contribution in [0, 0.1) is 5.92 Å². The molecule has 0 aliphatic heterocycles. The normalized spacial score (nSPS) is 23.2. The lowest BCUT2D eigenvalue weighted by Crippen LogP contribution is -2.36. The third-order valence-corrected chi connectivity index (χ3v) is 4.05. The van der Waals surface area contributed by atoms with Crippen molar-refractivity contribution < 1.29 is 14.7 Å². The summed E-state index contributed by atoms with van der Waals surface area (Å²) in [5, 5.41) is 12.0. The first-order valence-electron chi connectivity index (χ1n) is 7.20. The molecular weight excluding hydrogens is 254 g/mol. The first-order chi connectivity index (χ1) is 9.61. The fourth-order valence-corrected chi connectivity index (χ4v) is 2.90. The van der Waals surface area contributed by atoms with E-state index < -0.39 is 5.97 Å². The first-order valence-corrected chi connectivity index (χ1v) is 7.20. The minimum atomic E-state index is -0.753. The molecule has 1 aliphatic carbocycles. The molecule has 0 radical (unpaired) electrons. The summed E-state index contributed by atoms with van der Waals surface area (Å²) in [5.41, 5.74) is 1.01. The molecule has 0 aromatic heterocycles. The molecule has 1 fully saturated rings. The highest BCUT2D eigenvalue weighted by molar-refractivity contribution is 5.84. The summed E-state index contributed by atoms with van der Waals surface area (Å²) in [6.07, 6.45) is 2.70. The molecule has 1 aromatic rings. The van der Waals surface area contributed by atoms with Gasteiger partial charge in [0.15, 0.2) is 0 Å². The van der Waals surface area contributed by atoms with Gasteiger partial charge >= 0.3 is 5.97 Å². The number of carboxylic acids is 1. The van der Waals surface area contributed by atoms with Crippen LogP contribution in [0.15, 0.2) is 30.3 Å². The van der Waals surface area contributed by atoms with Crippen LogP contribution in [0.2, 0.25) is 0 Å². The van der Waals surface area contributed by atoms with Crippen LogP contribution in [0.25, 0.3) is 0 Å². The van der Waals surface area contributed by atoms with E-state index in [4.69, 9.17) is 5.11 Å². The van der Waals surface area contributed by atoms with Crippen molar-refractivity contribution in [3.05, 3.63) is 35.9 Å². The van der Waals surface area contributed by atoms with E-state index >= 15 is 0 Å². The Morgan fingerprint density at radius 2 is 2.00 bits per heavy atom. The van der Waals surface area contributed by atoms with Crippen molar-refractivity contribution in [3.8, 4) is 0 Å². The SMILES string of the molecule is CCC(C(=O)N[C@@H]1CC[C@H](C(=O)O)C1)c1ccccc1. The van der Waals surface area contributed by atoms with Gasteiger partial charge in [0.1, 0.15) is 0 Å². The predicted octanol–water partition coefficient (Wildman–Crippen LogP) is 2.55. The van der Waals surface area contributed by atoms with E-state index in [2.05, 4.69) is 5.32 Å². The van der Waals surface area contributed by atoms with E-state index in [9.17, 15) is 9.59 Å². The summed E-state index contributed by atoms with van der Waals surface area (Å²) < 4.78 is 0. The second kappa shape index (κ2) is 6.55. The molecule has 0 heterocycles. The molecule has 2 rings (SSSR count). The van der Waals surface area contributed by atoms with Crippen LogP contribution in [0.4, 0.5) is 0 Å². The fourth-order valence-electron chi connectivity index (χ4n) is 2.90. The van der Waals surface area contributed by atoms with Crippen LogP contribution in [0.5, 0.6) is 0 Å². The van der Waals surface area contributed by atoms with E-state index in [0.717, 1.165) is 18.4 Å². The number of carboxylic acid groups (broad SMARTS) is 1. The number of hydrogen-bond donors (Lipinski definition) is 2. The Kier molecular flexibility index (Phi) is 4.77. The van der Waals surface area contributed by atoms with Crippen LogP contribution in [0.1, 0.15) is 44.1 Å². The highest BCUT2D eigenvalue weighted by Gasteiger charge is 2.31. The predicted molar refractivity (Wildman–Crippen MR) is 76.4 cm³/mol. The molecule has 20 heavy (non-hydrogen) atoms. The number of amides is 1. The lowest BCUT2D eigenvalue weighted by molar-refractivity contribution is -0.141. The summed E-state index contributed by atoms with van der Waals surface area (Å²) in [6, 6.07) is 9.72. The molecule has 1 aliphatic rings. The average Bonchev–Trinajstić information content (AvgIpc) is 2.89. The highest BCUT2D eigenvalue weighted by atomic mass is 16.4. The standard InChI is InChI=1S/C16H21NO3/c1-2-14(11-6-4-3-5-7-11)15(18)17-13-9-8-12(10-13)16(19)20/h3-7,12-14H,2,8-10H2,1H3,(H,17,18)(H,19,20)/t12-,13+,14?/m0/s1. The molecule has 1 aromatic carbocycles. The van der Waals surface area contributed by atoms with Gasteiger partial charge in [-0.25, -0.2) is 0 Å². The van der Waals surface area contributed by atoms with Crippen molar-refractivity contribution in [2.45, 2.75) is 44.6 Å². The average molecular weight is 275 g/mol. The van der Waals surface area contributed by atoms with Crippen LogP contribution >= 0.6 is 0 Å². The molecule has 4 nitrogen and oxygen atoms in total. The Morgan fingerprint density at radius 1 is 1.30 bits per heavy atom. The number of nitrogens with one attached hydrogen (secondary N) is 1. The molecule has 1 amide bonds. The molecule has 3 atom stereocenters. The number of hydrogen-bond acceptors (Lipinski definition) is 2. The van der Waals surface area contributed by atoms with E-state index in [1.807, 2.05) is 37.3 Å². The Balaban J connectivity index is 1.96. The van der Waals surface area contributed by atoms with Crippen molar-refractivity contribution in [2.24, 2.45) is 5.92 Å². The van der Waals surface area contributed by atoms with Gasteiger partial charge < -0.3 is 10.4 Å². The van der Waals surface area contributed by atoms with Crippen LogP contribution in [-0.2, 0) is 9.59 Å². The summed E-state index contributed by atoms with van der Waals surface area (Å²) in [6.45, 7) is 1.99. The molecule has 0 spiro atoms. The third-order valence-electron chi connectivity index (χ3n) is 4.05. The van der Waals surface area contributed by atoms with Crippen LogP contribution in [0.3, 0.4) is 0 Å². The second-order valence-electron chi connectivity index (χ2n) is 5.43. The Hall–Kier alpha value is -1.84. The number of carbonyl (C=O) groups excluding carboxylic acids is 1. The topological polar surface area (TPSA) is 66.4 Å². The zero-order valence-corrected chi connectivity index (χ0v) is 11.7. The fraction of sp³-hybridized carbons (Fsp3) is 0.500. The van der Waals surface area contributed by atoms with Gasteiger partial charge in [-0.3, -0.25) is 9.59 Å². The minimum Gasteiger partial charge on any atom is -0.481 e. The van der Waals surface area contributed by atoms with E-state index in [0.29, 0.717) is 12.8 Å². The Labute approximate surface area is 119 Å². The van der Waals surface area contributed by atoms with Gasteiger partial charge in [0, 0.05) is 6.04 Å². The maximum atomic E-state index is 12.3. The lowest BCUT2D eigenvalue weighted by atomic mass is 9.95. The van der Waals surface area contributed by atoms with Gasteiger partial charge in [-0.2, -0.15) is 0 Å². The van der Waals surface area contributed by atoms with Crippen LogP contribution in [-0.4, -0.2) is 23.0 Å². The zero-order valence-electron chi connectivity index (χ0n) is 11.7. The number of aliphatic carboxylic acids is 1. The summed E-state index contributed by atoms with van der Waals surface area (Å²) in [4.78, 5) is 23.3. The Morgan fingerprint density at radius 3 is 2.55 bits per heavy atom. The van der Waals surface area contributed by atoms with Gasteiger partial charge in [-0.15, -0.1) is 0 Å². The van der Waals surface area contributed by atoms with Crippen molar-refractivity contribution in [1.29, 1.82) is 0 Å². The van der Waals surface area contributed by atoms with Gasteiger partial charge in [0.05, 0.1) is 11.8 Å². The quantitative estimate of drug-likeness (QED) is 0.868. The van der Waals surface area contributed by atoms with E-state index in [1.165, 1.54) is 0 Å². The van der Waals surface area contributed by atoms with Crippen molar-refractivity contribution in [2.75, 3.05) is 0 Å². The smallest absolute Gasteiger partial charge is 0.306 e. The molecule has 108 valence electrons.